The summed E-state index contributed by atoms with van der Waals surface area (Å²) in [7, 11) is 0. The van der Waals surface area contributed by atoms with Crippen molar-refractivity contribution in [1.82, 2.24) is 5.32 Å². The first-order valence-electron chi connectivity index (χ1n) is 9.78. The molecule has 0 unspecified atom stereocenters. The molecule has 5 N–H and O–H groups in total. The molecule has 1 aliphatic rings. The van der Waals surface area contributed by atoms with E-state index in [0.717, 1.165) is 11.1 Å². The fourth-order valence-electron chi connectivity index (χ4n) is 3.79. The molecule has 0 aromatic heterocycles. The van der Waals surface area contributed by atoms with Crippen LogP contribution in [0.5, 0.6) is 0 Å². The van der Waals surface area contributed by atoms with Gasteiger partial charge in [0.2, 0.25) is 0 Å². The number of nitrogens with one attached hydrogen (secondary N) is 1. The molecule has 5 heteroatoms. The van der Waals surface area contributed by atoms with Crippen molar-refractivity contribution >= 4 is 17.5 Å². The lowest BCUT2D eigenvalue weighted by atomic mass is 9.98. The Morgan fingerprint density at radius 1 is 1.00 bits per heavy atom. The van der Waals surface area contributed by atoms with Gasteiger partial charge < -0.3 is 21.5 Å². The van der Waals surface area contributed by atoms with Gasteiger partial charge >= 0.3 is 6.09 Å². The van der Waals surface area contributed by atoms with E-state index in [2.05, 4.69) is 41.4 Å². The van der Waals surface area contributed by atoms with Crippen LogP contribution in [0.1, 0.15) is 28.2 Å². The maximum Gasteiger partial charge on any atom is 0.407 e. The van der Waals surface area contributed by atoms with Crippen LogP contribution in [0.25, 0.3) is 11.1 Å². The van der Waals surface area contributed by atoms with Crippen LogP contribution in [-0.2, 0) is 4.74 Å². The smallest absolute Gasteiger partial charge is 0.407 e. The highest BCUT2D eigenvalue weighted by molar-refractivity contribution is 5.79. The molecule has 0 radical (unpaired) electrons. The van der Waals surface area contributed by atoms with Crippen LogP contribution in [0.4, 0.5) is 16.2 Å². The van der Waals surface area contributed by atoms with Gasteiger partial charge in [0.1, 0.15) is 6.61 Å². The van der Waals surface area contributed by atoms with Crippen LogP contribution in [-0.4, -0.2) is 19.2 Å². The molecule has 5 nitrogen and oxygen atoms in total. The van der Waals surface area contributed by atoms with Crippen molar-refractivity contribution in [2.75, 3.05) is 24.6 Å². The monoisotopic (exact) mass is 397 g/mol. The minimum absolute atomic E-state index is 0.0367. The summed E-state index contributed by atoms with van der Waals surface area (Å²) in [5, 5.41) is 2.68. The second-order valence-electron chi connectivity index (χ2n) is 7.28. The number of amides is 1. The van der Waals surface area contributed by atoms with E-state index in [0.29, 0.717) is 11.4 Å². The van der Waals surface area contributed by atoms with Crippen LogP contribution >= 0.6 is 0 Å². The molecule has 0 fully saturated rings. The summed E-state index contributed by atoms with van der Waals surface area (Å²) >= 11 is 0. The zero-order valence-electron chi connectivity index (χ0n) is 16.7. The second kappa shape index (κ2) is 8.22. The van der Waals surface area contributed by atoms with Crippen molar-refractivity contribution in [1.29, 1.82) is 0 Å². The molecular formula is C25H23N3O2. The molecule has 1 amide bonds. The molecule has 0 aliphatic heterocycles. The lowest BCUT2D eigenvalue weighted by molar-refractivity contribution is 0.144. The Morgan fingerprint density at radius 3 is 2.27 bits per heavy atom. The minimum atomic E-state index is -0.486. The van der Waals surface area contributed by atoms with Gasteiger partial charge in [-0.3, -0.25) is 0 Å². The molecule has 150 valence electrons. The fourth-order valence-corrected chi connectivity index (χ4v) is 3.79. The molecule has 0 bridgehead atoms. The van der Waals surface area contributed by atoms with Crippen molar-refractivity contribution in [2.45, 2.75) is 12.8 Å². The van der Waals surface area contributed by atoms with Gasteiger partial charge in [-0.1, -0.05) is 60.4 Å². The van der Waals surface area contributed by atoms with Gasteiger partial charge in [0.25, 0.3) is 0 Å². The van der Waals surface area contributed by atoms with Crippen LogP contribution in [0.15, 0.2) is 60.7 Å². The van der Waals surface area contributed by atoms with Crippen LogP contribution < -0.4 is 16.8 Å². The van der Waals surface area contributed by atoms with Gasteiger partial charge in [-0.15, -0.1) is 0 Å². The molecule has 30 heavy (non-hydrogen) atoms. The van der Waals surface area contributed by atoms with E-state index in [1.807, 2.05) is 31.2 Å². The summed E-state index contributed by atoms with van der Waals surface area (Å²) in [5.41, 5.74) is 19.1. The summed E-state index contributed by atoms with van der Waals surface area (Å²) in [4.78, 5) is 12.2. The molecule has 0 saturated heterocycles. The van der Waals surface area contributed by atoms with Gasteiger partial charge in [0.15, 0.2) is 0 Å². The highest BCUT2D eigenvalue weighted by Crippen LogP contribution is 2.44. The number of carbonyl (C=O) groups is 1. The van der Waals surface area contributed by atoms with E-state index in [-0.39, 0.29) is 19.1 Å². The second-order valence-corrected chi connectivity index (χ2v) is 7.28. The minimum Gasteiger partial charge on any atom is -0.449 e. The molecule has 4 rings (SSSR count). The molecule has 3 aromatic carbocycles. The van der Waals surface area contributed by atoms with Crippen LogP contribution in [0.2, 0.25) is 0 Å². The number of nitrogen functional groups attached to an aromatic ring is 2. The molecule has 0 atom stereocenters. The lowest BCUT2D eigenvalue weighted by Gasteiger charge is -2.14. The van der Waals surface area contributed by atoms with E-state index in [1.165, 1.54) is 22.3 Å². The highest BCUT2D eigenvalue weighted by atomic mass is 16.5. The lowest BCUT2D eigenvalue weighted by Crippen LogP contribution is -2.26. The zero-order chi connectivity index (χ0) is 21.1. The van der Waals surface area contributed by atoms with Gasteiger partial charge in [0, 0.05) is 11.5 Å². The number of aryl methyl sites for hydroxylation is 1. The van der Waals surface area contributed by atoms with Gasteiger partial charge in [-0.25, -0.2) is 4.79 Å². The van der Waals surface area contributed by atoms with E-state index >= 15 is 0 Å². The number of carbonyl (C=O) groups excluding carboxylic acids is 1. The standard InChI is InChI=1S/C25H23N3O2/c1-16-13-23(26)24(27)14-17(16)7-6-12-28-25(29)30-15-22-20-10-4-2-8-18(20)19-9-3-5-11-21(19)22/h2-5,8-11,13-14,22H,12,15,26-27H2,1H3,(H,28,29). The molecule has 0 saturated carbocycles. The average molecular weight is 397 g/mol. The number of ether oxygens (including phenoxy) is 1. The fraction of sp³-hybridized carbons (Fsp3) is 0.160. The summed E-state index contributed by atoms with van der Waals surface area (Å²) in [6, 6.07) is 20.0. The largest absolute Gasteiger partial charge is 0.449 e. The Morgan fingerprint density at radius 2 is 1.60 bits per heavy atom. The van der Waals surface area contributed by atoms with E-state index in [9.17, 15) is 4.79 Å². The van der Waals surface area contributed by atoms with E-state index in [1.54, 1.807) is 12.1 Å². The SMILES string of the molecule is Cc1cc(N)c(N)cc1C#CCNC(=O)OCC1c2ccccc2-c2ccccc21. The first-order chi connectivity index (χ1) is 14.5. The number of hydrogen-bond donors (Lipinski definition) is 3. The third kappa shape index (κ3) is 3.81. The summed E-state index contributed by atoms with van der Waals surface area (Å²) < 4.78 is 5.50. The molecule has 0 spiro atoms. The molecular weight excluding hydrogens is 374 g/mol. The van der Waals surface area contributed by atoms with Gasteiger partial charge in [-0.2, -0.15) is 0 Å². The van der Waals surface area contributed by atoms with E-state index in [4.69, 9.17) is 16.2 Å². The number of nitrogens with two attached hydrogens (primary N) is 2. The molecule has 0 heterocycles. The molecule has 1 aliphatic carbocycles. The normalized spacial score (nSPS) is 11.8. The van der Waals surface area contributed by atoms with Crippen molar-refractivity contribution in [2.24, 2.45) is 0 Å². The maximum atomic E-state index is 12.2. The van der Waals surface area contributed by atoms with Crippen molar-refractivity contribution in [3.63, 3.8) is 0 Å². The summed E-state index contributed by atoms with van der Waals surface area (Å²) in [6.45, 7) is 2.38. The molecule has 3 aromatic rings. The highest BCUT2D eigenvalue weighted by Gasteiger charge is 2.28. The number of benzene rings is 3. The van der Waals surface area contributed by atoms with Crippen molar-refractivity contribution in [3.05, 3.63) is 82.9 Å². The van der Waals surface area contributed by atoms with Gasteiger partial charge in [0.05, 0.1) is 17.9 Å². The Hall–Kier alpha value is -3.91. The Kier molecular flexibility index (Phi) is 5.32. The number of hydrogen-bond acceptors (Lipinski definition) is 4. The third-order valence-corrected chi connectivity index (χ3v) is 5.32. The quantitative estimate of drug-likeness (QED) is 0.459. The maximum absolute atomic E-state index is 12.2. The van der Waals surface area contributed by atoms with Crippen molar-refractivity contribution < 1.29 is 9.53 Å². The summed E-state index contributed by atoms with van der Waals surface area (Å²) in [5.74, 6) is 5.96. The average Bonchev–Trinajstić information content (AvgIpc) is 3.07. The third-order valence-electron chi connectivity index (χ3n) is 5.32. The predicted molar refractivity (Wildman–Crippen MR) is 120 cm³/mol. The Labute approximate surface area is 176 Å². The predicted octanol–water partition coefficient (Wildman–Crippen LogP) is 4.05. The van der Waals surface area contributed by atoms with Crippen molar-refractivity contribution in [3.8, 4) is 23.0 Å². The Bertz CT molecular complexity index is 1130. The number of alkyl carbamates (subject to hydrolysis) is 1. The first-order valence-corrected chi connectivity index (χ1v) is 9.78. The summed E-state index contributed by atoms with van der Waals surface area (Å²) in [6.07, 6.45) is -0.486. The number of rotatable bonds is 3. The van der Waals surface area contributed by atoms with Crippen LogP contribution in [0, 0.1) is 18.8 Å². The number of fused-ring (bicyclic) bond motifs is 3. The topological polar surface area (TPSA) is 90.4 Å². The van der Waals surface area contributed by atoms with Crippen LogP contribution in [0.3, 0.4) is 0 Å². The van der Waals surface area contributed by atoms with E-state index < -0.39 is 6.09 Å². The Balaban J connectivity index is 1.36. The number of anilines is 2. The van der Waals surface area contributed by atoms with Gasteiger partial charge in [-0.05, 0) is 46.9 Å². The zero-order valence-corrected chi connectivity index (χ0v) is 16.7. The first kappa shape index (κ1) is 19.4.